The Morgan fingerprint density at radius 3 is 1.39 bits per heavy atom. The maximum Gasteiger partial charge on any atom is 0.460 e. The van der Waals surface area contributed by atoms with Crippen LogP contribution >= 0.6 is 0 Å². The fourth-order valence-electron chi connectivity index (χ4n) is 2.57. The topological polar surface area (TPSA) is 74.7 Å². The fraction of sp³-hybridized carbons (Fsp3) is 0.938. The predicted molar refractivity (Wildman–Crippen MR) is 96.0 cm³/mol. The van der Waals surface area contributed by atoms with Gasteiger partial charge in [-0.15, -0.1) is 0 Å². The molecule has 22 heteroatoms. The number of aliphatic carboxylic acids is 1. The number of carboxylic acids is 1. The molecule has 0 bridgehead atoms. The first kappa shape index (κ1) is 36.3. The van der Waals surface area contributed by atoms with Gasteiger partial charge in [0, 0.05) is 19.5 Å². The third kappa shape index (κ3) is 6.04. The van der Waals surface area contributed by atoms with Gasteiger partial charge in [0.25, 0.3) is 10.0 Å². The lowest BCUT2D eigenvalue weighted by Crippen LogP contribution is -2.73. The number of halogens is 15. The molecule has 0 aliphatic carbocycles. The highest BCUT2D eigenvalue weighted by atomic mass is 32.2. The van der Waals surface area contributed by atoms with Crippen LogP contribution in [0.25, 0.3) is 0 Å². The Kier molecular flexibility index (Phi) is 9.89. The molecule has 0 amide bonds. The van der Waals surface area contributed by atoms with Crippen molar-refractivity contribution in [2.45, 2.75) is 53.9 Å². The zero-order chi connectivity index (χ0) is 31.2. The van der Waals surface area contributed by atoms with Crippen LogP contribution in [0.3, 0.4) is 0 Å². The van der Waals surface area contributed by atoms with Gasteiger partial charge in [-0.3, -0.25) is 4.79 Å². The summed E-state index contributed by atoms with van der Waals surface area (Å²) in [4.78, 5) is 10.7. The summed E-state index contributed by atoms with van der Waals surface area (Å²) in [5.74, 6) is -44.2. The summed E-state index contributed by atoms with van der Waals surface area (Å²) in [5.41, 5.74) is 0. The van der Waals surface area contributed by atoms with Gasteiger partial charge in [0.15, 0.2) is 0 Å². The standard InChI is InChI=1S/C16H19F15N2O4S/c1-33(2,3)8-4-6-32(7-5-9(34)35)38(36,37)16(30,31)14(25,26)12(21,22)10(17,18)11(19,20)13(23,24)15(27,28)29/h4-8H2,1-3H3/p+1. The summed E-state index contributed by atoms with van der Waals surface area (Å²) >= 11 is 0. The number of sulfonamides is 1. The van der Waals surface area contributed by atoms with E-state index in [9.17, 15) is 79.1 Å². The van der Waals surface area contributed by atoms with Crippen molar-refractivity contribution >= 4 is 16.0 Å². The minimum absolute atomic E-state index is 0.0772. The molecule has 228 valence electrons. The Bertz CT molecular complexity index is 959. The van der Waals surface area contributed by atoms with Gasteiger partial charge in [-0.05, 0) is 0 Å². The van der Waals surface area contributed by atoms with Gasteiger partial charge in [-0.1, -0.05) is 0 Å². The monoisotopic (exact) mass is 621 g/mol. The molecule has 0 saturated heterocycles. The second-order valence-electron chi connectivity index (χ2n) is 8.80. The van der Waals surface area contributed by atoms with E-state index >= 15 is 0 Å². The van der Waals surface area contributed by atoms with Crippen molar-refractivity contribution in [3.63, 3.8) is 0 Å². The minimum atomic E-state index is -8.64. The van der Waals surface area contributed by atoms with Crippen LogP contribution in [0.2, 0.25) is 0 Å². The quantitative estimate of drug-likeness (QED) is 0.229. The molecule has 0 rings (SSSR count). The van der Waals surface area contributed by atoms with E-state index in [1.165, 1.54) is 21.1 Å². The molecule has 38 heavy (non-hydrogen) atoms. The van der Waals surface area contributed by atoms with Gasteiger partial charge in [0.05, 0.1) is 34.1 Å². The van der Waals surface area contributed by atoms with Crippen LogP contribution in [0.4, 0.5) is 65.9 Å². The van der Waals surface area contributed by atoms with Gasteiger partial charge >= 0.3 is 47.0 Å². The molecule has 0 spiro atoms. The number of rotatable bonds is 14. The molecule has 0 unspecified atom stereocenters. The number of carboxylic acid groups (broad SMARTS) is 1. The summed E-state index contributed by atoms with van der Waals surface area (Å²) in [6.45, 7) is -3.21. The first-order chi connectivity index (χ1) is 16.3. The Labute approximate surface area is 204 Å². The van der Waals surface area contributed by atoms with E-state index in [4.69, 9.17) is 5.11 Å². The highest BCUT2D eigenvalue weighted by Crippen LogP contribution is 2.63. The molecule has 6 nitrogen and oxygen atoms in total. The van der Waals surface area contributed by atoms with Gasteiger partial charge < -0.3 is 9.59 Å². The van der Waals surface area contributed by atoms with E-state index < -0.39 is 87.3 Å². The summed E-state index contributed by atoms with van der Waals surface area (Å²) in [6.07, 6.45) is -9.85. The molecule has 0 aliphatic heterocycles. The van der Waals surface area contributed by atoms with Crippen LogP contribution in [-0.4, -0.2) is 110 Å². The predicted octanol–water partition coefficient (Wildman–Crippen LogP) is 4.52. The van der Waals surface area contributed by atoms with Crippen molar-refractivity contribution in [1.29, 1.82) is 0 Å². The van der Waals surface area contributed by atoms with E-state index in [0.717, 1.165) is 0 Å². The van der Waals surface area contributed by atoms with Crippen molar-refractivity contribution in [2.75, 3.05) is 40.8 Å². The molecular formula is C16H20F15N2O4S+. The fourth-order valence-corrected chi connectivity index (χ4v) is 4.05. The second-order valence-corrected chi connectivity index (χ2v) is 10.8. The molecule has 0 heterocycles. The number of carbonyl (C=O) groups is 1. The zero-order valence-electron chi connectivity index (χ0n) is 19.2. The number of nitrogens with zero attached hydrogens (tertiary/aromatic N) is 2. The summed E-state index contributed by atoms with van der Waals surface area (Å²) in [6, 6.07) is 0. The first-order valence-corrected chi connectivity index (χ1v) is 11.1. The SMILES string of the molecule is C[N+](C)(C)CCCN(CCC(=O)O)S(=O)(=O)C(F)(F)C(F)(F)C(F)(F)C(F)(F)C(F)(F)C(F)(F)C(F)(F)F. The maximum atomic E-state index is 14.4. The summed E-state index contributed by atoms with van der Waals surface area (Å²) in [5, 5.41) is 1.01. The van der Waals surface area contributed by atoms with Crippen LogP contribution in [-0.2, 0) is 14.8 Å². The lowest BCUT2D eigenvalue weighted by molar-refractivity contribution is -0.870. The Morgan fingerprint density at radius 2 is 1.05 bits per heavy atom. The minimum Gasteiger partial charge on any atom is -0.481 e. The molecule has 0 fully saturated rings. The Balaban J connectivity index is 6.82. The number of quaternary nitrogens is 1. The van der Waals surface area contributed by atoms with Crippen molar-refractivity contribution in [1.82, 2.24) is 4.31 Å². The van der Waals surface area contributed by atoms with Crippen molar-refractivity contribution in [3.05, 3.63) is 0 Å². The van der Waals surface area contributed by atoms with Crippen molar-refractivity contribution in [2.24, 2.45) is 0 Å². The Hall–Kier alpha value is -1.71. The number of hydrogen-bond donors (Lipinski definition) is 1. The van der Waals surface area contributed by atoms with E-state index in [0.29, 0.717) is 0 Å². The molecule has 0 aromatic carbocycles. The first-order valence-electron chi connectivity index (χ1n) is 9.63. The number of alkyl halides is 15. The van der Waals surface area contributed by atoms with Gasteiger partial charge in [-0.25, -0.2) is 8.42 Å². The maximum absolute atomic E-state index is 14.4. The average molecular weight is 621 g/mol. The molecule has 0 aliphatic rings. The van der Waals surface area contributed by atoms with Gasteiger partial charge in [0.2, 0.25) is 0 Å². The van der Waals surface area contributed by atoms with Crippen molar-refractivity contribution in [3.8, 4) is 0 Å². The molecule has 0 aromatic heterocycles. The molecule has 0 atom stereocenters. The summed E-state index contributed by atoms with van der Waals surface area (Å²) in [7, 11) is -3.17. The van der Waals surface area contributed by atoms with Crippen LogP contribution < -0.4 is 0 Å². The lowest BCUT2D eigenvalue weighted by atomic mass is 9.94. The molecular weight excluding hydrogens is 601 g/mol. The van der Waals surface area contributed by atoms with E-state index in [1.54, 1.807) is 0 Å². The van der Waals surface area contributed by atoms with E-state index in [2.05, 4.69) is 0 Å². The van der Waals surface area contributed by atoms with Gasteiger partial charge in [0.1, 0.15) is 0 Å². The highest BCUT2D eigenvalue weighted by Gasteiger charge is 2.94. The molecule has 0 aromatic rings. The van der Waals surface area contributed by atoms with Gasteiger partial charge in [-0.2, -0.15) is 70.2 Å². The third-order valence-corrected chi connectivity index (χ3v) is 6.72. The van der Waals surface area contributed by atoms with E-state index in [1.807, 2.05) is 0 Å². The third-order valence-electron chi connectivity index (χ3n) is 4.77. The van der Waals surface area contributed by atoms with Crippen molar-refractivity contribution < 1.29 is 88.7 Å². The normalized spacial score (nSPS) is 15.8. The van der Waals surface area contributed by atoms with Crippen LogP contribution in [0, 0.1) is 0 Å². The zero-order valence-corrected chi connectivity index (χ0v) is 20.0. The average Bonchev–Trinajstić information content (AvgIpc) is 2.67. The molecule has 1 N–H and O–H groups in total. The molecule has 0 saturated carbocycles. The summed E-state index contributed by atoms with van der Waals surface area (Å²) < 4.78 is 224. The largest absolute Gasteiger partial charge is 0.481 e. The van der Waals surface area contributed by atoms with Crippen LogP contribution in [0.5, 0.6) is 0 Å². The lowest BCUT2D eigenvalue weighted by Gasteiger charge is -2.41. The second kappa shape index (κ2) is 10.4. The smallest absolute Gasteiger partial charge is 0.460 e. The van der Waals surface area contributed by atoms with Crippen LogP contribution in [0.15, 0.2) is 0 Å². The Morgan fingerprint density at radius 1 is 0.684 bits per heavy atom. The van der Waals surface area contributed by atoms with Crippen LogP contribution in [0.1, 0.15) is 12.8 Å². The highest BCUT2D eigenvalue weighted by molar-refractivity contribution is 7.90. The number of hydrogen-bond acceptors (Lipinski definition) is 3. The molecule has 0 radical (unpaired) electrons. The van der Waals surface area contributed by atoms with E-state index in [-0.39, 0.29) is 11.0 Å².